The van der Waals surface area contributed by atoms with Crippen molar-refractivity contribution in [2.24, 2.45) is 0 Å². The van der Waals surface area contributed by atoms with Crippen LogP contribution in [0.25, 0.3) is 0 Å². The van der Waals surface area contributed by atoms with E-state index in [1.54, 1.807) is 11.9 Å². The highest BCUT2D eigenvalue weighted by molar-refractivity contribution is 9.10. The van der Waals surface area contributed by atoms with Crippen molar-refractivity contribution in [2.45, 2.75) is 25.4 Å². The number of anilines is 1. The lowest BCUT2D eigenvalue weighted by Gasteiger charge is -2.35. The fourth-order valence-electron chi connectivity index (χ4n) is 2.54. The highest BCUT2D eigenvalue weighted by atomic mass is 79.9. The summed E-state index contributed by atoms with van der Waals surface area (Å²) in [7, 11) is 1.79. The molecule has 1 aromatic rings. The number of nitrogens with zero attached hydrogens (tertiary/aromatic N) is 2. The van der Waals surface area contributed by atoms with Crippen LogP contribution in [-0.4, -0.2) is 48.2 Å². The summed E-state index contributed by atoms with van der Waals surface area (Å²) in [5.41, 5.74) is 0.956. The molecular formula is C14H19BrN2O2. The van der Waals surface area contributed by atoms with Crippen LogP contribution in [0.2, 0.25) is 0 Å². The highest BCUT2D eigenvalue weighted by Gasteiger charge is 2.35. The summed E-state index contributed by atoms with van der Waals surface area (Å²) in [5, 5.41) is 9.64. The van der Waals surface area contributed by atoms with Crippen molar-refractivity contribution in [1.29, 1.82) is 0 Å². The summed E-state index contributed by atoms with van der Waals surface area (Å²) in [4.78, 5) is 16.1. The van der Waals surface area contributed by atoms with Crippen molar-refractivity contribution >= 4 is 27.5 Å². The molecule has 0 spiro atoms. The maximum Gasteiger partial charge on any atom is 0.247 e. The van der Waals surface area contributed by atoms with Crippen LogP contribution in [0.15, 0.2) is 28.7 Å². The number of aliphatic hydroxyl groups excluding tert-OH is 1. The molecule has 104 valence electrons. The number of rotatable bonds is 2. The van der Waals surface area contributed by atoms with Gasteiger partial charge >= 0.3 is 0 Å². The van der Waals surface area contributed by atoms with E-state index in [0.717, 1.165) is 23.1 Å². The zero-order chi connectivity index (χ0) is 14.0. The van der Waals surface area contributed by atoms with E-state index >= 15 is 0 Å². The van der Waals surface area contributed by atoms with Crippen molar-refractivity contribution in [3.63, 3.8) is 0 Å². The quantitative estimate of drug-likeness (QED) is 0.902. The molecule has 1 aromatic carbocycles. The number of carbonyl (C=O) groups excluding carboxylic acids is 1. The summed E-state index contributed by atoms with van der Waals surface area (Å²) in [6, 6.07) is 7.50. The van der Waals surface area contributed by atoms with Crippen molar-refractivity contribution in [3.05, 3.63) is 28.7 Å². The molecule has 1 saturated heterocycles. The zero-order valence-electron chi connectivity index (χ0n) is 11.2. The lowest BCUT2D eigenvalue weighted by molar-refractivity contribution is -0.131. The number of benzene rings is 1. The Kier molecular flexibility index (Phi) is 4.47. The van der Waals surface area contributed by atoms with Crippen LogP contribution in [0.5, 0.6) is 0 Å². The minimum Gasteiger partial charge on any atom is -0.394 e. The Bertz CT molecular complexity index is 467. The van der Waals surface area contributed by atoms with Crippen LogP contribution in [0, 0.1) is 0 Å². The van der Waals surface area contributed by atoms with Crippen LogP contribution in [-0.2, 0) is 4.79 Å². The Morgan fingerprint density at radius 1 is 1.42 bits per heavy atom. The highest BCUT2D eigenvalue weighted by Crippen LogP contribution is 2.31. The molecule has 1 heterocycles. The van der Waals surface area contributed by atoms with E-state index in [4.69, 9.17) is 0 Å². The number of likely N-dealkylation sites (N-methyl/N-ethyl adjacent to an activating group) is 1. The fraction of sp³-hybridized carbons (Fsp3) is 0.500. The van der Waals surface area contributed by atoms with E-state index < -0.39 is 6.04 Å². The third-order valence-corrected chi connectivity index (χ3v) is 4.33. The number of halogens is 1. The molecule has 1 amide bonds. The summed E-state index contributed by atoms with van der Waals surface area (Å²) < 4.78 is 0.942. The molecule has 1 aliphatic rings. The Labute approximate surface area is 122 Å². The van der Waals surface area contributed by atoms with Crippen LogP contribution >= 0.6 is 15.9 Å². The second-order valence-corrected chi connectivity index (χ2v) is 5.81. The van der Waals surface area contributed by atoms with E-state index in [1.165, 1.54) is 0 Å². The molecule has 0 bridgehead atoms. The molecule has 0 radical (unpaired) electrons. The number of carbonyl (C=O) groups is 1. The summed E-state index contributed by atoms with van der Waals surface area (Å²) in [6.07, 6.45) is 0.889. The van der Waals surface area contributed by atoms with E-state index in [9.17, 15) is 9.90 Å². The van der Waals surface area contributed by atoms with Crippen molar-refractivity contribution in [3.8, 4) is 0 Å². The average Bonchev–Trinajstić information content (AvgIpc) is 2.51. The normalized spacial score (nSPS) is 24.5. The van der Waals surface area contributed by atoms with Gasteiger partial charge in [-0.2, -0.15) is 0 Å². The molecule has 0 saturated carbocycles. The van der Waals surface area contributed by atoms with Gasteiger partial charge in [-0.05, 0) is 41.4 Å². The van der Waals surface area contributed by atoms with Gasteiger partial charge in [0.1, 0.15) is 6.04 Å². The van der Waals surface area contributed by atoms with Crippen molar-refractivity contribution < 1.29 is 9.90 Å². The molecule has 1 aliphatic heterocycles. The van der Waals surface area contributed by atoms with Crippen LogP contribution in [0.4, 0.5) is 5.69 Å². The largest absolute Gasteiger partial charge is 0.394 e. The van der Waals surface area contributed by atoms with Crippen LogP contribution in [0.3, 0.4) is 0 Å². The molecule has 19 heavy (non-hydrogen) atoms. The Morgan fingerprint density at radius 2 is 2.11 bits per heavy atom. The first kappa shape index (κ1) is 14.3. The lowest BCUT2D eigenvalue weighted by atomic mass is 10.1. The second kappa shape index (κ2) is 5.92. The number of para-hydroxylation sites is 1. The predicted molar refractivity (Wildman–Crippen MR) is 79.2 cm³/mol. The molecule has 0 aromatic heterocycles. The van der Waals surface area contributed by atoms with Gasteiger partial charge in [-0.3, -0.25) is 4.79 Å². The maximum atomic E-state index is 12.3. The van der Waals surface area contributed by atoms with Gasteiger partial charge in [0.25, 0.3) is 0 Å². The smallest absolute Gasteiger partial charge is 0.247 e. The first-order valence-corrected chi connectivity index (χ1v) is 7.24. The average molecular weight is 327 g/mol. The molecule has 2 atom stereocenters. The lowest BCUT2D eigenvalue weighted by Crippen LogP contribution is -2.50. The van der Waals surface area contributed by atoms with Gasteiger partial charge < -0.3 is 14.9 Å². The minimum absolute atomic E-state index is 0.0254. The van der Waals surface area contributed by atoms with Gasteiger partial charge in [0.15, 0.2) is 0 Å². The van der Waals surface area contributed by atoms with Gasteiger partial charge in [-0.25, -0.2) is 0 Å². The van der Waals surface area contributed by atoms with Crippen LogP contribution in [0.1, 0.15) is 13.3 Å². The van der Waals surface area contributed by atoms with E-state index in [0.29, 0.717) is 0 Å². The van der Waals surface area contributed by atoms with Gasteiger partial charge in [0.2, 0.25) is 5.91 Å². The van der Waals surface area contributed by atoms with E-state index in [2.05, 4.69) is 22.9 Å². The first-order valence-electron chi connectivity index (χ1n) is 6.45. The third-order valence-electron chi connectivity index (χ3n) is 3.66. The van der Waals surface area contributed by atoms with Crippen molar-refractivity contribution in [2.75, 3.05) is 25.1 Å². The Balaban J connectivity index is 2.44. The number of hydrogen-bond acceptors (Lipinski definition) is 3. The Morgan fingerprint density at radius 3 is 2.74 bits per heavy atom. The summed E-state index contributed by atoms with van der Waals surface area (Å²) >= 11 is 3.53. The SMILES string of the molecule is CC1CCN(C)C(=O)C(CO)N1c1ccccc1Br. The van der Waals surface area contributed by atoms with E-state index in [1.807, 2.05) is 29.2 Å². The molecule has 5 heteroatoms. The summed E-state index contributed by atoms with van der Waals surface area (Å²) in [6.45, 7) is 2.64. The molecule has 1 N–H and O–H groups in total. The number of amides is 1. The third kappa shape index (κ3) is 2.77. The number of aliphatic hydroxyl groups is 1. The minimum atomic E-state index is -0.513. The van der Waals surface area contributed by atoms with Gasteiger partial charge in [0, 0.05) is 24.1 Å². The molecule has 2 unspecified atom stereocenters. The number of hydrogen-bond donors (Lipinski definition) is 1. The van der Waals surface area contributed by atoms with Gasteiger partial charge in [-0.1, -0.05) is 12.1 Å². The standard InChI is InChI=1S/C14H19BrN2O2/c1-10-7-8-16(2)14(19)13(9-18)17(10)12-6-4-3-5-11(12)15/h3-6,10,13,18H,7-9H2,1-2H3. The van der Waals surface area contributed by atoms with E-state index in [-0.39, 0.29) is 18.6 Å². The predicted octanol–water partition coefficient (Wildman–Crippen LogP) is 1.87. The molecule has 4 nitrogen and oxygen atoms in total. The van der Waals surface area contributed by atoms with Gasteiger partial charge in [-0.15, -0.1) is 0 Å². The first-order chi connectivity index (χ1) is 9.06. The topological polar surface area (TPSA) is 43.8 Å². The summed E-state index contributed by atoms with van der Waals surface area (Å²) in [5.74, 6) is -0.0254. The van der Waals surface area contributed by atoms with Gasteiger partial charge in [0.05, 0.1) is 12.3 Å². The maximum absolute atomic E-state index is 12.3. The Hall–Kier alpha value is -1.07. The zero-order valence-corrected chi connectivity index (χ0v) is 12.8. The second-order valence-electron chi connectivity index (χ2n) is 4.95. The molecule has 1 fully saturated rings. The molecule has 0 aliphatic carbocycles. The van der Waals surface area contributed by atoms with Crippen molar-refractivity contribution in [1.82, 2.24) is 4.90 Å². The monoisotopic (exact) mass is 326 g/mol. The van der Waals surface area contributed by atoms with Crippen LogP contribution < -0.4 is 4.90 Å². The molecule has 2 rings (SSSR count). The fourth-order valence-corrected chi connectivity index (χ4v) is 3.03. The molecular weight excluding hydrogens is 308 g/mol.